The first-order valence-electron chi connectivity index (χ1n) is 4.62. The molecule has 5 heteroatoms. The van der Waals surface area contributed by atoms with Crippen molar-refractivity contribution in [2.24, 2.45) is 12.8 Å². The molecule has 0 spiro atoms. The molecule has 0 aliphatic rings. The highest BCUT2D eigenvalue weighted by Gasteiger charge is 2.10. The zero-order valence-electron chi connectivity index (χ0n) is 8.31. The molecule has 0 radical (unpaired) electrons. The molecule has 1 unspecified atom stereocenters. The van der Waals surface area contributed by atoms with Gasteiger partial charge in [0.05, 0.1) is 17.8 Å². The zero-order valence-corrected chi connectivity index (χ0v) is 9.90. The summed E-state index contributed by atoms with van der Waals surface area (Å²) in [6.07, 6.45) is 1.15. The Kier molecular flexibility index (Phi) is 2.77. The molecule has 0 amide bonds. The molecule has 3 N–H and O–H groups in total. The zero-order chi connectivity index (χ0) is 11.0. The lowest BCUT2D eigenvalue weighted by Gasteiger charge is -2.09. The normalized spacial score (nSPS) is 13.3. The summed E-state index contributed by atoms with van der Waals surface area (Å²) in [5, 5.41) is 14.8. The van der Waals surface area contributed by atoms with E-state index in [4.69, 9.17) is 5.73 Å². The Morgan fingerprint density at radius 3 is 3.00 bits per heavy atom. The molecule has 1 aromatic heterocycles. The molecular formula is C10H12BrN3O. The van der Waals surface area contributed by atoms with Crippen LogP contribution in [0, 0.1) is 0 Å². The minimum atomic E-state index is -0.620. The van der Waals surface area contributed by atoms with Crippen LogP contribution >= 0.6 is 15.9 Å². The lowest BCUT2D eigenvalue weighted by atomic mass is 10.1. The first-order valence-corrected chi connectivity index (χ1v) is 5.42. The Morgan fingerprint density at radius 2 is 2.33 bits per heavy atom. The number of rotatable bonds is 2. The summed E-state index contributed by atoms with van der Waals surface area (Å²) in [7, 11) is 1.88. The molecule has 80 valence electrons. The fourth-order valence-corrected chi connectivity index (χ4v) is 2.37. The van der Waals surface area contributed by atoms with E-state index >= 15 is 0 Å². The van der Waals surface area contributed by atoms with Gasteiger partial charge >= 0.3 is 0 Å². The van der Waals surface area contributed by atoms with E-state index in [2.05, 4.69) is 21.0 Å². The van der Waals surface area contributed by atoms with Crippen molar-refractivity contribution in [3.63, 3.8) is 0 Å². The Hall–Kier alpha value is -0.910. The lowest BCUT2D eigenvalue weighted by Crippen LogP contribution is -2.11. The molecule has 0 bridgehead atoms. The van der Waals surface area contributed by atoms with E-state index in [0.29, 0.717) is 0 Å². The molecular weight excluding hydrogens is 258 g/mol. The first-order chi connectivity index (χ1) is 7.13. The van der Waals surface area contributed by atoms with Gasteiger partial charge in [-0.3, -0.25) is 4.68 Å². The largest absolute Gasteiger partial charge is 0.387 e. The number of nitrogens with zero attached hydrogens (tertiary/aromatic N) is 2. The van der Waals surface area contributed by atoms with Crippen LogP contribution in [0.15, 0.2) is 22.8 Å². The summed E-state index contributed by atoms with van der Waals surface area (Å²) in [6, 6.07) is 3.78. The third-order valence-corrected chi connectivity index (χ3v) is 3.02. The van der Waals surface area contributed by atoms with Crippen molar-refractivity contribution < 1.29 is 5.11 Å². The van der Waals surface area contributed by atoms with Crippen molar-refractivity contribution in [3.8, 4) is 0 Å². The predicted octanol–water partition coefficient (Wildman–Crippen LogP) is 1.33. The summed E-state index contributed by atoms with van der Waals surface area (Å²) in [6.45, 7) is 0.220. The van der Waals surface area contributed by atoms with E-state index in [-0.39, 0.29) is 6.54 Å². The van der Waals surface area contributed by atoms with Gasteiger partial charge in [0.15, 0.2) is 0 Å². The van der Waals surface area contributed by atoms with Gasteiger partial charge in [0, 0.05) is 23.5 Å². The Bertz CT molecular complexity index is 495. The van der Waals surface area contributed by atoms with Gasteiger partial charge in [-0.2, -0.15) is 5.10 Å². The van der Waals surface area contributed by atoms with Gasteiger partial charge in [-0.25, -0.2) is 0 Å². The molecule has 0 fully saturated rings. The maximum absolute atomic E-state index is 9.65. The van der Waals surface area contributed by atoms with E-state index in [1.165, 1.54) is 0 Å². The van der Waals surface area contributed by atoms with Crippen LogP contribution in [-0.4, -0.2) is 21.4 Å². The predicted molar refractivity (Wildman–Crippen MR) is 62.4 cm³/mol. The maximum Gasteiger partial charge on any atom is 0.0912 e. The first kappa shape index (κ1) is 10.6. The number of hydrogen-bond donors (Lipinski definition) is 2. The van der Waals surface area contributed by atoms with Crippen molar-refractivity contribution in [3.05, 3.63) is 28.4 Å². The molecule has 4 nitrogen and oxygen atoms in total. The van der Waals surface area contributed by atoms with Crippen LogP contribution in [0.2, 0.25) is 0 Å². The number of nitrogens with two attached hydrogens (primary N) is 1. The number of aromatic nitrogens is 2. The molecule has 2 rings (SSSR count). The Morgan fingerprint density at radius 1 is 1.60 bits per heavy atom. The van der Waals surface area contributed by atoms with Crippen LogP contribution in [0.1, 0.15) is 11.7 Å². The molecule has 1 heterocycles. The molecule has 1 atom stereocenters. The lowest BCUT2D eigenvalue weighted by molar-refractivity contribution is 0.187. The van der Waals surface area contributed by atoms with Crippen LogP contribution in [0.25, 0.3) is 10.9 Å². The van der Waals surface area contributed by atoms with E-state index in [1.807, 2.05) is 19.2 Å². The summed E-state index contributed by atoms with van der Waals surface area (Å²) in [5.74, 6) is 0. The van der Waals surface area contributed by atoms with Crippen molar-refractivity contribution >= 4 is 26.8 Å². The van der Waals surface area contributed by atoms with Crippen LogP contribution in [-0.2, 0) is 7.05 Å². The van der Waals surface area contributed by atoms with E-state index < -0.39 is 6.10 Å². The molecule has 0 aliphatic carbocycles. The number of hydrogen-bond acceptors (Lipinski definition) is 3. The average molecular weight is 270 g/mol. The minimum Gasteiger partial charge on any atom is -0.387 e. The maximum atomic E-state index is 9.65. The Balaban J connectivity index is 2.63. The fraction of sp³-hybridized carbons (Fsp3) is 0.300. The Labute approximate surface area is 95.8 Å². The molecule has 15 heavy (non-hydrogen) atoms. The molecule has 0 saturated heterocycles. The van der Waals surface area contributed by atoms with Crippen molar-refractivity contribution in [2.75, 3.05) is 6.54 Å². The SMILES string of the molecule is Cn1ncc2cc(C(O)CN)cc(Br)c21. The number of aliphatic hydroxyl groups is 1. The fourth-order valence-electron chi connectivity index (χ4n) is 1.62. The van der Waals surface area contributed by atoms with E-state index in [1.54, 1.807) is 10.9 Å². The molecule has 2 aromatic rings. The smallest absolute Gasteiger partial charge is 0.0912 e. The second-order valence-corrected chi connectivity index (χ2v) is 4.31. The quantitative estimate of drug-likeness (QED) is 0.865. The third-order valence-electron chi connectivity index (χ3n) is 2.42. The monoisotopic (exact) mass is 269 g/mol. The highest BCUT2D eigenvalue weighted by molar-refractivity contribution is 9.10. The second-order valence-electron chi connectivity index (χ2n) is 3.46. The molecule has 0 saturated carbocycles. The van der Waals surface area contributed by atoms with Crippen LogP contribution in [0.3, 0.4) is 0 Å². The summed E-state index contributed by atoms with van der Waals surface area (Å²) < 4.78 is 2.71. The molecule has 1 aromatic carbocycles. The number of halogens is 1. The summed E-state index contributed by atoms with van der Waals surface area (Å²) in [5.41, 5.74) is 7.24. The van der Waals surface area contributed by atoms with Crippen LogP contribution in [0.5, 0.6) is 0 Å². The summed E-state index contributed by atoms with van der Waals surface area (Å²) in [4.78, 5) is 0. The standard InChI is InChI=1S/C10H12BrN3O/c1-14-10-7(5-13-14)2-6(3-8(10)11)9(15)4-12/h2-3,5,9,15H,4,12H2,1H3. The van der Waals surface area contributed by atoms with Gasteiger partial charge in [-0.05, 0) is 33.6 Å². The van der Waals surface area contributed by atoms with Crippen LogP contribution < -0.4 is 5.73 Å². The molecule has 0 aliphatic heterocycles. The minimum absolute atomic E-state index is 0.220. The number of fused-ring (bicyclic) bond motifs is 1. The van der Waals surface area contributed by atoms with Crippen LogP contribution in [0.4, 0.5) is 0 Å². The van der Waals surface area contributed by atoms with Crippen molar-refractivity contribution in [1.82, 2.24) is 9.78 Å². The number of aryl methyl sites for hydroxylation is 1. The average Bonchev–Trinajstić information content (AvgIpc) is 2.59. The summed E-state index contributed by atoms with van der Waals surface area (Å²) >= 11 is 3.46. The highest BCUT2D eigenvalue weighted by Crippen LogP contribution is 2.27. The van der Waals surface area contributed by atoms with E-state index in [0.717, 1.165) is 20.9 Å². The number of benzene rings is 1. The second kappa shape index (κ2) is 3.92. The topological polar surface area (TPSA) is 64.1 Å². The highest BCUT2D eigenvalue weighted by atomic mass is 79.9. The number of aliphatic hydroxyl groups excluding tert-OH is 1. The van der Waals surface area contributed by atoms with E-state index in [9.17, 15) is 5.11 Å². The van der Waals surface area contributed by atoms with Gasteiger partial charge in [0.25, 0.3) is 0 Å². The van der Waals surface area contributed by atoms with Gasteiger partial charge in [-0.1, -0.05) is 0 Å². The van der Waals surface area contributed by atoms with Crippen molar-refractivity contribution in [1.29, 1.82) is 0 Å². The van der Waals surface area contributed by atoms with Gasteiger partial charge in [0.2, 0.25) is 0 Å². The van der Waals surface area contributed by atoms with Gasteiger partial charge in [0.1, 0.15) is 0 Å². The van der Waals surface area contributed by atoms with Gasteiger partial charge < -0.3 is 10.8 Å². The van der Waals surface area contributed by atoms with Crippen molar-refractivity contribution in [2.45, 2.75) is 6.10 Å². The third kappa shape index (κ3) is 1.78. The van der Waals surface area contributed by atoms with Gasteiger partial charge in [-0.15, -0.1) is 0 Å².